The maximum absolute atomic E-state index is 4.54. The van der Waals surface area contributed by atoms with Crippen LogP contribution in [-0.2, 0) is 19.4 Å². The van der Waals surface area contributed by atoms with Crippen LogP contribution in [-0.4, -0.2) is 14.8 Å². The van der Waals surface area contributed by atoms with Crippen molar-refractivity contribution in [2.75, 3.05) is 0 Å². The number of hydrogen-bond acceptors (Lipinski definition) is 2. The van der Waals surface area contributed by atoms with Crippen LogP contribution in [0.4, 0.5) is 0 Å². The molecule has 72 valence electrons. The second-order valence-corrected chi connectivity index (χ2v) is 4.22. The maximum atomic E-state index is 4.54. The molecule has 13 heavy (non-hydrogen) atoms. The second kappa shape index (κ2) is 3.48. The summed E-state index contributed by atoms with van der Waals surface area (Å²) in [7, 11) is 0. The standard InChI is InChI=1S/C10H17N3/c1-8(2)7-9-11-10-5-3-4-6-13(10)12-9/h8H,3-7H2,1-2H3. The first-order valence-electron chi connectivity index (χ1n) is 5.18. The summed E-state index contributed by atoms with van der Waals surface area (Å²) < 4.78 is 2.08. The summed E-state index contributed by atoms with van der Waals surface area (Å²) in [6.07, 6.45) is 4.67. The monoisotopic (exact) mass is 179 g/mol. The molecular formula is C10H17N3. The summed E-state index contributed by atoms with van der Waals surface area (Å²) in [4.78, 5) is 4.54. The van der Waals surface area contributed by atoms with E-state index in [0.29, 0.717) is 5.92 Å². The first kappa shape index (κ1) is 8.73. The maximum Gasteiger partial charge on any atom is 0.151 e. The number of hydrogen-bond donors (Lipinski definition) is 0. The lowest BCUT2D eigenvalue weighted by molar-refractivity contribution is 0.476. The first-order valence-corrected chi connectivity index (χ1v) is 5.18. The number of aryl methyl sites for hydroxylation is 2. The molecular weight excluding hydrogens is 162 g/mol. The van der Waals surface area contributed by atoms with Crippen LogP contribution in [0.25, 0.3) is 0 Å². The average Bonchev–Trinajstić information content (AvgIpc) is 2.44. The van der Waals surface area contributed by atoms with Crippen LogP contribution < -0.4 is 0 Å². The van der Waals surface area contributed by atoms with E-state index in [4.69, 9.17) is 0 Å². The highest BCUT2D eigenvalue weighted by Gasteiger charge is 2.13. The van der Waals surface area contributed by atoms with Gasteiger partial charge in [-0.15, -0.1) is 0 Å². The van der Waals surface area contributed by atoms with Crippen molar-refractivity contribution in [3.05, 3.63) is 11.6 Å². The lowest BCUT2D eigenvalue weighted by Gasteiger charge is -2.09. The highest BCUT2D eigenvalue weighted by atomic mass is 15.3. The van der Waals surface area contributed by atoms with Crippen LogP contribution in [0.5, 0.6) is 0 Å². The van der Waals surface area contributed by atoms with Gasteiger partial charge in [0.25, 0.3) is 0 Å². The molecule has 0 saturated carbocycles. The number of nitrogens with zero attached hydrogens (tertiary/aromatic N) is 3. The Morgan fingerprint density at radius 2 is 2.23 bits per heavy atom. The summed E-state index contributed by atoms with van der Waals surface area (Å²) in [5.74, 6) is 2.89. The van der Waals surface area contributed by atoms with Crippen LogP contribution in [0.2, 0.25) is 0 Å². The molecule has 3 heteroatoms. The molecule has 2 rings (SSSR count). The van der Waals surface area contributed by atoms with Gasteiger partial charge in [-0.25, -0.2) is 9.67 Å². The summed E-state index contributed by atoms with van der Waals surface area (Å²) >= 11 is 0. The van der Waals surface area contributed by atoms with Gasteiger partial charge >= 0.3 is 0 Å². The van der Waals surface area contributed by atoms with E-state index in [1.807, 2.05) is 0 Å². The molecule has 0 fully saturated rings. The molecule has 1 aliphatic rings. The topological polar surface area (TPSA) is 30.7 Å². The molecule has 0 radical (unpaired) electrons. The molecule has 0 bridgehead atoms. The molecule has 1 aliphatic heterocycles. The minimum absolute atomic E-state index is 0.657. The van der Waals surface area contributed by atoms with Crippen molar-refractivity contribution in [1.29, 1.82) is 0 Å². The van der Waals surface area contributed by atoms with E-state index >= 15 is 0 Å². The molecule has 0 saturated heterocycles. The quantitative estimate of drug-likeness (QED) is 0.693. The second-order valence-electron chi connectivity index (χ2n) is 4.22. The van der Waals surface area contributed by atoms with Crippen molar-refractivity contribution in [3.63, 3.8) is 0 Å². The zero-order valence-electron chi connectivity index (χ0n) is 8.45. The molecule has 0 amide bonds. The normalized spacial score (nSPS) is 16.2. The fraction of sp³-hybridized carbons (Fsp3) is 0.800. The van der Waals surface area contributed by atoms with Gasteiger partial charge in [0.05, 0.1) is 0 Å². The smallest absolute Gasteiger partial charge is 0.151 e. The first-order chi connectivity index (χ1) is 6.25. The number of fused-ring (bicyclic) bond motifs is 1. The largest absolute Gasteiger partial charge is 0.250 e. The van der Waals surface area contributed by atoms with Gasteiger partial charge in [-0.05, 0) is 18.8 Å². The summed E-state index contributed by atoms with van der Waals surface area (Å²) in [5, 5.41) is 4.50. The van der Waals surface area contributed by atoms with Gasteiger partial charge in [-0.3, -0.25) is 0 Å². The van der Waals surface area contributed by atoms with Gasteiger partial charge in [-0.2, -0.15) is 5.10 Å². The summed E-state index contributed by atoms with van der Waals surface area (Å²) in [6.45, 7) is 5.49. The molecule has 1 aromatic rings. The van der Waals surface area contributed by atoms with Gasteiger partial charge < -0.3 is 0 Å². The molecule has 0 aliphatic carbocycles. The van der Waals surface area contributed by atoms with Gasteiger partial charge in [0.2, 0.25) is 0 Å². The lowest BCUT2D eigenvalue weighted by Crippen LogP contribution is -2.11. The number of rotatable bonds is 2. The van der Waals surface area contributed by atoms with E-state index in [9.17, 15) is 0 Å². The third-order valence-electron chi connectivity index (χ3n) is 2.40. The molecule has 0 aromatic carbocycles. The van der Waals surface area contributed by atoms with Crippen molar-refractivity contribution < 1.29 is 0 Å². The van der Waals surface area contributed by atoms with Gasteiger partial charge in [0.1, 0.15) is 5.82 Å². The lowest BCUT2D eigenvalue weighted by atomic mass is 10.1. The average molecular weight is 179 g/mol. The summed E-state index contributed by atoms with van der Waals surface area (Å²) in [6, 6.07) is 0. The Hall–Kier alpha value is -0.860. The van der Waals surface area contributed by atoms with Crippen molar-refractivity contribution in [1.82, 2.24) is 14.8 Å². The molecule has 2 heterocycles. The molecule has 3 nitrogen and oxygen atoms in total. The third kappa shape index (κ3) is 1.90. The Labute approximate surface area is 79.2 Å². The van der Waals surface area contributed by atoms with Crippen LogP contribution in [0.1, 0.15) is 38.3 Å². The van der Waals surface area contributed by atoms with E-state index in [1.165, 1.54) is 18.7 Å². The van der Waals surface area contributed by atoms with Crippen molar-refractivity contribution >= 4 is 0 Å². The molecule has 0 unspecified atom stereocenters. The fourth-order valence-corrected chi connectivity index (χ4v) is 1.79. The third-order valence-corrected chi connectivity index (χ3v) is 2.40. The molecule has 0 spiro atoms. The Morgan fingerprint density at radius 3 is 2.92 bits per heavy atom. The van der Waals surface area contributed by atoms with Gasteiger partial charge in [-0.1, -0.05) is 13.8 Å². The van der Waals surface area contributed by atoms with Crippen LogP contribution in [0.15, 0.2) is 0 Å². The highest BCUT2D eigenvalue weighted by Crippen LogP contribution is 2.13. The van der Waals surface area contributed by atoms with Crippen LogP contribution in [0.3, 0.4) is 0 Å². The minimum atomic E-state index is 0.657. The van der Waals surface area contributed by atoms with Crippen molar-refractivity contribution in [2.45, 2.75) is 46.1 Å². The van der Waals surface area contributed by atoms with Crippen molar-refractivity contribution in [2.24, 2.45) is 5.92 Å². The van der Waals surface area contributed by atoms with E-state index in [-0.39, 0.29) is 0 Å². The molecule has 1 aromatic heterocycles. The van der Waals surface area contributed by atoms with E-state index in [0.717, 1.165) is 25.2 Å². The Morgan fingerprint density at radius 1 is 1.38 bits per heavy atom. The van der Waals surface area contributed by atoms with E-state index < -0.39 is 0 Å². The predicted molar refractivity (Wildman–Crippen MR) is 51.5 cm³/mol. The minimum Gasteiger partial charge on any atom is -0.250 e. The zero-order chi connectivity index (χ0) is 9.26. The summed E-state index contributed by atoms with van der Waals surface area (Å²) in [5.41, 5.74) is 0. The molecule has 0 atom stereocenters. The Balaban J connectivity index is 2.15. The zero-order valence-corrected chi connectivity index (χ0v) is 8.45. The van der Waals surface area contributed by atoms with E-state index in [1.54, 1.807) is 0 Å². The molecule has 0 N–H and O–H groups in total. The SMILES string of the molecule is CC(C)Cc1nc2n(n1)CCCC2. The van der Waals surface area contributed by atoms with Gasteiger partial charge in [0.15, 0.2) is 5.82 Å². The van der Waals surface area contributed by atoms with Gasteiger partial charge in [0, 0.05) is 19.4 Å². The predicted octanol–water partition coefficient (Wildman–Crippen LogP) is 1.81. The van der Waals surface area contributed by atoms with Crippen LogP contribution in [0, 0.1) is 5.92 Å². The highest BCUT2D eigenvalue weighted by molar-refractivity contribution is 4.96. The van der Waals surface area contributed by atoms with E-state index in [2.05, 4.69) is 28.6 Å². The Bertz CT molecular complexity index is 265. The van der Waals surface area contributed by atoms with Crippen molar-refractivity contribution in [3.8, 4) is 0 Å². The number of aromatic nitrogens is 3. The van der Waals surface area contributed by atoms with Crippen LogP contribution >= 0.6 is 0 Å². The fourth-order valence-electron chi connectivity index (χ4n) is 1.79. The Kier molecular flexibility index (Phi) is 2.34.